The maximum atomic E-state index is 13.2. The maximum Gasteiger partial charge on any atom is 0.425 e. The first-order valence-corrected chi connectivity index (χ1v) is 10.8. The first kappa shape index (κ1) is 23.8. The molecule has 0 unspecified atom stereocenters. The maximum absolute atomic E-state index is 13.2. The number of nitrogens with one attached hydrogen (secondary N) is 3. The predicted molar refractivity (Wildman–Crippen MR) is 128 cm³/mol. The van der Waals surface area contributed by atoms with E-state index in [1.807, 2.05) is 0 Å². The van der Waals surface area contributed by atoms with Crippen LogP contribution >= 0.6 is 45.8 Å². The molecule has 0 atom stereocenters. The van der Waals surface area contributed by atoms with Crippen LogP contribution in [-0.2, 0) is 4.74 Å². The molecule has 0 bridgehead atoms. The topological polar surface area (TPSA) is 114 Å². The molecule has 3 aromatic rings. The van der Waals surface area contributed by atoms with E-state index < -0.39 is 17.9 Å². The molecule has 3 rings (SSSR count). The van der Waals surface area contributed by atoms with Crippen molar-refractivity contribution < 1.29 is 19.1 Å². The highest BCUT2D eigenvalue weighted by Crippen LogP contribution is 2.28. The highest BCUT2D eigenvalue weighted by molar-refractivity contribution is 14.1. The van der Waals surface area contributed by atoms with E-state index in [2.05, 4.69) is 48.5 Å². The van der Waals surface area contributed by atoms with Crippen LogP contribution in [0.3, 0.4) is 0 Å². The number of carbonyl (C=O) groups excluding carboxylic acids is 3. The molecule has 0 saturated heterocycles. The van der Waals surface area contributed by atoms with Crippen molar-refractivity contribution >= 4 is 69.4 Å². The molecule has 12 heteroatoms. The molecular formula is C20H16Cl2IN5O4. The normalized spacial score (nSPS) is 10.4. The molecule has 3 N–H and O–H groups in total. The fourth-order valence-electron chi connectivity index (χ4n) is 2.83. The van der Waals surface area contributed by atoms with Crippen LogP contribution in [0.4, 0.5) is 10.5 Å². The first-order chi connectivity index (χ1) is 15.2. The molecule has 0 spiro atoms. The van der Waals surface area contributed by atoms with Crippen LogP contribution in [0.5, 0.6) is 0 Å². The van der Waals surface area contributed by atoms with Crippen molar-refractivity contribution in [2.45, 2.75) is 6.92 Å². The number of rotatable bonds is 4. The minimum atomic E-state index is -0.859. The molecule has 0 fully saturated rings. The minimum Gasteiger partial charge on any atom is -0.452 e. The number of halogens is 3. The van der Waals surface area contributed by atoms with Gasteiger partial charge in [-0.05, 0) is 65.4 Å². The van der Waals surface area contributed by atoms with Crippen LogP contribution in [0, 0.1) is 10.5 Å². The van der Waals surface area contributed by atoms with Crippen LogP contribution < -0.4 is 16.2 Å². The minimum absolute atomic E-state index is 0.0448. The zero-order chi connectivity index (χ0) is 23.4. The lowest BCUT2D eigenvalue weighted by Crippen LogP contribution is -2.41. The fraction of sp³-hybridized carbons (Fsp3) is 0.100. The van der Waals surface area contributed by atoms with Gasteiger partial charge in [0.05, 0.1) is 23.4 Å². The van der Waals surface area contributed by atoms with Crippen molar-refractivity contribution in [1.82, 2.24) is 20.4 Å². The zero-order valence-corrected chi connectivity index (χ0v) is 20.4. The number of pyridine rings is 1. The number of methoxy groups -OCH3 is 1. The number of anilines is 1. The summed E-state index contributed by atoms with van der Waals surface area (Å²) in [5.74, 6) is -0.820. The first-order valence-electron chi connectivity index (χ1n) is 8.95. The molecule has 2 aromatic heterocycles. The van der Waals surface area contributed by atoms with Crippen molar-refractivity contribution in [2.24, 2.45) is 0 Å². The van der Waals surface area contributed by atoms with Gasteiger partial charge in [-0.1, -0.05) is 23.2 Å². The molecule has 32 heavy (non-hydrogen) atoms. The lowest BCUT2D eigenvalue weighted by atomic mass is 10.1. The molecule has 3 amide bonds. The average Bonchev–Trinajstić information content (AvgIpc) is 3.15. The van der Waals surface area contributed by atoms with Crippen LogP contribution in [0.15, 0.2) is 42.7 Å². The van der Waals surface area contributed by atoms with Gasteiger partial charge in [0.2, 0.25) is 0 Å². The number of benzene rings is 1. The van der Waals surface area contributed by atoms with Crippen molar-refractivity contribution in [3.8, 4) is 5.82 Å². The van der Waals surface area contributed by atoms with Crippen molar-refractivity contribution in [3.63, 3.8) is 0 Å². The van der Waals surface area contributed by atoms with E-state index in [0.29, 0.717) is 16.4 Å². The number of nitrogens with zero attached hydrogens (tertiary/aromatic N) is 2. The number of aromatic nitrogens is 2. The third-order valence-electron chi connectivity index (χ3n) is 4.23. The van der Waals surface area contributed by atoms with Crippen LogP contribution in [-0.4, -0.2) is 34.6 Å². The number of hydrazine groups is 1. The molecule has 0 aliphatic carbocycles. The van der Waals surface area contributed by atoms with E-state index in [1.54, 1.807) is 48.1 Å². The van der Waals surface area contributed by atoms with Gasteiger partial charge in [0.15, 0.2) is 5.82 Å². The standard InChI is InChI=1S/C20H16Cl2IN5O4/c1-10-6-11(21)7-13(18(29)26-27-20(31)32-2)16(10)25-19(30)15-8-12(23)9-28(15)17-14(22)4-3-5-24-17/h3-9H,1-2H3,(H,25,30)(H,26,29)(H,27,31). The average molecular weight is 588 g/mol. The lowest BCUT2D eigenvalue weighted by Gasteiger charge is -2.16. The monoisotopic (exact) mass is 587 g/mol. The zero-order valence-electron chi connectivity index (χ0n) is 16.7. The predicted octanol–water partition coefficient (Wildman–Crippen LogP) is 4.35. The Kier molecular flexibility index (Phi) is 7.59. The smallest absolute Gasteiger partial charge is 0.425 e. The molecular weight excluding hydrogens is 572 g/mol. The van der Waals surface area contributed by atoms with Crippen molar-refractivity contribution in [2.75, 3.05) is 12.4 Å². The number of ether oxygens (including phenoxy) is 1. The molecule has 0 radical (unpaired) electrons. The van der Waals surface area contributed by atoms with E-state index in [1.165, 1.54) is 6.07 Å². The summed E-state index contributed by atoms with van der Waals surface area (Å²) in [6.45, 7) is 1.68. The van der Waals surface area contributed by atoms with Crippen LogP contribution in [0.1, 0.15) is 26.4 Å². The Labute approximate surface area is 206 Å². The Morgan fingerprint density at radius 3 is 2.56 bits per heavy atom. The molecule has 0 aliphatic rings. The van der Waals surface area contributed by atoms with Crippen LogP contribution in [0.25, 0.3) is 5.82 Å². The van der Waals surface area contributed by atoms with Gasteiger partial charge in [0.1, 0.15) is 5.69 Å². The number of aryl methyl sites for hydroxylation is 1. The quantitative estimate of drug-likeness (QED) is 0.310. The molecule has 0 aliphatic heterocycles. The largest absolute Gasteiger partial charge is 0.452 e. The lowest BCUT2D eigenvalue weighted by molar-refractivity contribution is 0.0921. The Morgan fingerprint density at radius 2 is 1.88 bits per heavy atom. The molecule has 2 heterocycles. The third kappa shape index (κ3) is 5.31. The summed E-state index contributed by atoms with van der Waals surface area (Å²) in [6.07, 6.45) is 2.42. The van der Waals surface area contributed by atoms with Crippen LogP contribution in [0.2, 0.25) is 10.0 Å². The molecule has 0 saturated carbocycles. The van der Waals surface area contributed by atoms with Gasteiger partial charge in [-0.15, -0.1) is 0 Å². The van der Waals surface area contributed by atoms with Crippen molar-refractivity contribution in [1.29, 1.82) is 0 Å². The number of hydrogen-bond donors (Lipinski definition) is 3. The van der Waals surface area contributed by atoms with E-state index in [9.17, 15) is 14.4 Å². The van der Waals surface area contributed by atoms with Crippen molar-refractivity contribution in [3.05, 3.63) is 73.2 Å². The summed E-state index contributed by atoms with van der Waals surface area (Å²) in [4.78, 5) is 41.3. The Morgan fingerprint density at radius 1 is 1.12 bits per heavy atom. The number of hydrogen-bond acceptors (Lipinski definition) is 5. The third-order valence-corrected chi connectivity index (χ3v) is 5.34. The van der Waals surface area contributed by atoms with E-state index in [-0.39, 0.29) is 22.0 Å². The number of carbonyl (C=O) groups is 3. The second-order valence-electron chi connectivity index (χ2n) is 6.39. The molecule has 9 nitrogen and oxygen atoms in total. The summed E-state index contributed by atoms with van der Waals surface area (Å²) < 4.78 is 6.76. The van der Waals surface area contributed by atoms with E-state index in [0.717, 1.165) is 10.7 Å². The van der Waals surface area contributed by atoms with Gasteiger partial charge in [-0.3, -0.25) is 19.6 Å². The summed E-state index contributed by atoms with van der Waals surface area (Å²) in [7, 11) is 1.15. The second kappa shape index (κ2) is 10.2. The van der Waals surface area contributed by atoms with E-state index >= 15 is 0 Å². The van der Waals surface area contributed by atoms with E-state index in [4.69, 9.17) is 23.2 Å². The highest BCUT2D eigenvalue weighted by atomic mass is 127. The summed E-state index contributed by atoms with van der Waals surface area (Å²) in [5.41, 5.74) is 5.33. The van der Waals surface area contributed by atoms with Gasteiger partial charge in [-0.25, -0.2) is 15.2 Å². The Hall–Kier alpha value is -2.83. The second-order valence-corrected chi connectivity index (χ2v) is 8.48. The van der Waals surface area contributed by atoms with Gasteiger partial charge in [-0.2, -0.15) is 0 Å². The van der Waals surface area contributed by atoms with Gasteiger partial charge in [0.25, 0.3) is 11.8 Å². The SMILES string of the molecule is COC(=O)NNC(=O)c1cc(Cl)cc(C)c1NC(=O)c1cc(I)cn1-c1ncccc1Cl. The van der Waals surface area contributed by atoms with Gasteiger partial charge < -0.3 is 10.1 Å². The molecule has 1 aromatic carbocycles. The molecule has 166 valence electrons. The fourth-order valence-corrected chi connectivity index (χ4v) is 3.89. The Bertz CT molecular complexity index is 1210. The summed E-state index contributed by atoms with van der Waals surface area (Å²) >= 11 is 14.4. The number of amides is 3. The summed E-state index contributed by atoms with van der Waals surface area (Å²) in [5, 5.41) is 3.40. The highest BCUT2D eigenvalue weighted by Gasteiger charge is 2.22. The summed E-state index contributed by atoms with van der Waals surface area (Å²) in [6, 6.07) is 7.98. The van der Waals surface area contributed by atoms with Gasteiger partial charge >= 0.3 is 6.09 Å². The Balaban J connectivity index is 1.96. The van der Waals surface area contributed by atoms with Gasteiger partial charge in [0, 0.05) is 21.0 Å².